The Bertz CT molecular complexity index is 3060. The Morgan fingerprint density at radius 1 is 0.490 bits per heavy atom. The van der Waals surface area contributed by atoms with Gasteiger partial charge >= 0.3 is 0 Å². The minimum atomic E-state index is -0.193. The standard InChI is InChI=1S/C46H30N4O/c1-46(2)36-24-29-16-7-6-15-28(29)23-33(36)34-25-35-30-17-8-10-20-38(30)50(39(35)26-37(34)46)45-48-43(27-13-4-3-5-14-27)47-44(49-45)32-19-12-22-41-42(32)31-18-9-11-21-40(31)51-41/h3-26H,1-2H3. The molecule has 0 amide bonds. The van der Waals surface area contributed by atoms with Crippen LogP contribution in [0.25, 0.3) is 94.4 Å². The summed E-state index contributed by atoms with van der Waals surface area (Å²) in [7, 11) is 0. The summed E-state index contributed by atoms with van der Waals surface area (Å²) in [5, 5.41) is 6.89. The molecule has 0 saturated carbocycles. The minimum Gasteiger partial charge on any atom is -0.456 e. The second-order valence-corrected chi connectivity index (χ2v) is 14.1. The van der Waals surface area contributed by atoms with Gasteiger partial charge in [0, 0.05) is 38.1 Å². The van der Waals surface area contributed by atoms with Crippen LogP contribution in [-0.2, 0) is 5.41 Å². The molecule has 1 aliphatic carbocycles. The van der Waals surface area contributed by atoms with Gasteiger partial charge in [-0.05, 0) is 75.5 Å². The van der Waals surface area contributed by atoms with Crippen molar-refractivity contribution < 1.29 is 4.42 Å². The molecule has 5 nitrogen and oxygen atoms in total. The molecule has 0 aliphatic heterocycles. The quantitative estimate of drug-likeness (QED) is 0.190. The maximum atomic E-state index is 6.28. The van der Waals surface area contributed by atoms with Crippen molar-refractivity contribution in [3.8, 4) is 39.9 Å². The second kappa shape index (κ2) is 10.2. The van der Waals surface area contributed by atoms with Gasteiger partial charge in [-0.3, -0.25) is 4.57 Å². The lowest BCUT2D eigenvalue weighted by Gasteiger charge is -2.22. The molecular weight excluding hydrogens is 625 g/mol. The molecule has 51 heavy (non-hydrogen) atoms. The molecule has 5 heteroatoms. The van der Waals surface area contributed by atoms with Gasteiger partial charge in [-0.2, -0.15) is 9.97 Å². The van der Waals surface area contributed by atoms with E-state index in [1.165, 1.54) is 38.4 Å². The van der Waals surface area contributed by atoms with Gasteiger partial charge in [-0.15, -0.1) is 0 Å². The first-order chi connectivity index (χ1) is 25.0. The van der Waals surface area contributed by atoms with Crippen molar-refractivity contribution >= 4 is 54.5 Å². The predicted octanol–water partition coefficient (Wildman–Crippen LogP) is 11.7. The highest BCUT2D eigenvalue weighted by atomic mass is 16.3. The van der Waals surface area contributed by atoms with Crippen molar-refractivity contribution in [1.29, 1.82) is 0 Å². The zero-order valence-corrected chi connectivity index (χ0v) is 28.1. The van der Waals surface area contributed by atoms with Crippen LogP contribution in [0.2, 0.25) is 0 Å². The molecule has 10 aromatic rings. The van der Waals surface area contributed by atoms with Crippen LogP contribution in [0.1, 0.15) is 25.0 Å². The van der Waals surface area contributed by atoms with E-state index in [0.717, 1.165) is 49.5 Å². The normalized spacial score (nSPS) is 13.5. The van der Waals surface area contributed by atoms with E-state index in [0.29, 0.717) is 17.6 Å². The Balaban J connectivity index is 1.22. The molecule has 11 rings (SSSR count). The molecule has 7 aromatic carbocycles. The average molecular weight is 655 g/mol. The van der Waals surface area contributed by atoms with Gasteiger partial charge in [0.15, 0.2) is 11.6 Å². The van der Waals surface area contributed by atoms with Crippen molar-refractivity contribution in [2.45, 2.75) is 19.3 Å². The summed E-state index contributed by atoms with van der Waals surface area (Å²) < 4.78 is 8.51. The van der Waals surface area contributed by atoms with E-state index in [-0.39, 0.29) is 5.41 Å². The molecule has 0 spiro atoms. The van der Waals surface area contributed by atoms with Crippen molar-refractivity contribution in [3.63, 3.8) is 0 Å². The van der Waals surface area contributed by atoms with E-state index >= 15 is 0 Å². The van der Waals surface area contributed by atoms with E-state index in [4.69, 9.17) is 19.4 Å². The molecule has 3 heterocycles. The highest BCUT2D eigenvalue weighted by molar-refractivity contribution is 6.13. The summed E-state index contributed by atoms with van der Waals surface area (Å²) in [6.07, 6.45) is 0. The van der Waals surface area contributed by atoms with Gasteiger partial charge < -0.3 is 4.42 Å². The number of fused-ring (bicyclic) bond motifs is 10. The number of hydrogen-bond acceptors (Lipinski definition) is 4. The maximum Gasteiger partial charge on any atom is 0.238 e. The Hall–Kier alpha value is -6.59. The average Bonchev–Trinajstić information content (AvgIpc) is 3.79. The third-order valence-electron chi connectivity index (χ3n) is 10.8. The van der Waals surface area contributed by atoms with Gasteiger partial charge in [0.1, 0.15) is 11.2 Å². The zero-order valence-electron chi connectivity index (χ0n) is 28.1. The monoisotopic (exact) mass is 654 g/mol. The molecule has 3 aromatic heterocycles. The van der Waals surface area contributed by atoms with E-state index in [9.17, 15) is 0 Å². The lowest BCUT2D eigenvalue weighted by molar-refractivity contribution is 0.661. The van der Waals surface area contributed by atoms with Crippen molar-refractivity contribution in [2.24, 2.45) is 0 Å². The van der Waals surface area contributed by atoms with Gasteiger partial charge in [0.05, 0.1) is 11.0 Å². The second-order valence-electron chi connectivity index (χ2n) is 14.1. The summed E-state index contributed by atoms with van der Waals surface area (Å²) in [4.78, 5) is 15.7. The molecule has 240 valence electrons. The van der Waals surface area contributed by atoms with Crippen LogP contribution in [0, 0.1) is 0 Å². The van der Waals surface area contributed by atoms with Crippen LogP contribution in [0.5, 0.6) is 0 Å². The topological polar surface area (TPSA) is 56.7 Å². The molecule has 0 atom stereocenters. The Morgan fingerprint density at radius 2 is 1.16 bits per heavy atom. The maximum absolute atomic E-state index is 6.28. The minimum absolute atomic E-state index is 0.193. The van der Waals surface area contributed by atoms with Crippen molar-refractivity contribution in [1.82, 2.24) is 19.5 Å². The number of nitrogens with zero attached hydrogens (tertiary/aromatic N) is 4. The third-order valence-corrected chi connectivity index (χ3v) is 10.8. The van der Waals surface area contributed by atoms with Crippen LogP contribution in [-0.4, -0.2) is 19.5 Å². The lowest BCUT2D eigenvalue weighted by atomic mass is 9.81. The molecule has 0 fully saturated rings. The fraction of sp³-hybridized carbons (Fsp3) is 0.0652. The molecule has 0 saturated heterocycles. The van der Waals surface area contributed by atoms with E-state index in [1.807, 2.05) is 48.5 Å². The summed E-state index contributed by atoms with van der Waals surface area (Å²) in [6.45, 7) is 4.69. The van der Waals surface area contributed by atoms with Gasteiger partial charge in [-0.25, -0.2) is 4.98 Å². The van der Waals surface area contributed by atoms with E-state index < -0.39 is 0 Å². The van der Waals surface area contributed by atoms with Crippen LogP contribution < -0.4 is 0 Å². The summed E-state index contributed by atoms with van der Waals surface area (Å²) in [6, 6.07) is 51.2. The smallest absolute Gasteiger partial charge is 0.238 e. The number of rotatable bonds is 3. The van der Waals surface area contributed by atoms with Gasteiger partial charge in [0.25, 0.3) is 0 Å². The van der Waals surface area contributed by atoms with Crippen LogP contribution in [0.15, 0.2) is 150 Å². The number of benzene rings is 7. The zero-order chi connectivity index (χ0) is 33.8. The highest BCUT2D eigenvalue weighted by Gasteiger charge is 2.37. The highest BCUT2D eigenvalue weighted by Crippen LogP contribution is 2.52. The molecule has 0 radical (unpaired) electrons. The third kappa shape index (κ3) is 4.00. The molecule has 1 aliphatic rings. The molecule has 0 bridgehead atoms. The Kier molecular flexibility index (Phi) is 5.66. The van der Waals surface area contributed by atoms with E-state index in [2.05, 4.69) is 115 Å². The predicted molar refractivity (Wildman–Crippen MR) is 207 cm³/mol. The molecular formula is C46H30N4O. The SMILES string of the molecule is CC1(C)c2cc3ccccc3cc2-c2cc3c4ccccc4n(-c4nc(-c5ccccc5)nc(-c5cccc6oc7ccccc7c56)n4)c3cc21. The Morgan fingerprint density at radius 3 is 2.02 bits per heavy atom. The fourth-order valence-electron chi connectivity index (χ4n) is 8.36. The van der Waals surface area contributed by atoms with Gasteiger partial charge in [0.2, 0.25) is 5.95 Å². The number of aromatic nitrogens is 4. The van der Waals surface area contributed by atoms with E-state index in [1.54, 1.807) is 0 Å². The van der Waals surface area contributed by atoms with Crippen LogP contribution in [0.3, 0.4) is 0 Å². The van der Waals surface area contributed by atoms with Crippen molar-refractivity contribution in [2.75, 3.05) is 0 Å². The number of furan rings is 1. The first-order valence-electron chi connectivity index (χ1n) is 17.4. The molecule has 0 unspecified atom stereocenters. The molecule has 0 N–H and O–H groups in total. The lowest BCUT2D eigenvalue weighted by Crippen LogP contribution is -2.15. The fourth-order valence-corrected chi connectivity index (χ4v) is 8.36. The van der Waals surface area contributed by atoms with Gasteiger partial charge in [-0.1, -0.05) is 117 Å². The first-order valence-corrected chi connectivity index (χ1v) is 17.4. The summed E-state index contributed by atoms with van der Waals surface area (Å²) in [5.74, 6) is 1.79. The van der Waals surface area contributed by atoms with Crippen LogP contribution in [0.4, 0.5) is 0 Å². The first kappa shape index (κ1) is 28.3. The van der Waals surface area contributed by atoms with Crippen LogP contribution >= 0.6 is 0 Å². The Labute approximate surface area is 293 Å². The van der Waals surface area contributed by atoms with Crippen molar-refractivity contribution in [3.05, 3.63) is 157 Å². The largest absolute Gasteiger partial charge is 0.456 e. The summed E-state index contributed by atoms with van der Waals surface area (Å²) >= 11 is 0. The number of para-hydroxylation sites is 2. The summed E-state index contributed by atoms with van der Waals surface area (Å²) in [5.41, 5.74) is 10.7. The number of hydrogen-bond donors (Lipinski definition) is 0.